The second-order valence-corrected chi connectivity index (χ2v) is 10.6. The molecule has 3 aromatic rings. The Morgan fingerprint density at radius 3 is 2.81 bits per heavy atom. The fourth-order valence-corrected chi connectivity index (χ4v) is 4.48. The maximum absolute atomic E-state index is 11.3. The third-order valence-corrected chi connectivity index (χ3v) is 6.09. The van der Waals surface area contributed by atoms with Crippen LogP contribution >= 0.6 is 11.3 Å². The molecule has 0 aliphatic rings. The lowest BCUT2D eigenvalue weighted by Gasteiger charge is -2.14. The summed E-state index contributed by atoms with van der Waals surface area (Å²) in [4.78, 5) is 11.2. The highest BCUT2D eigenvalue weighted by atomic mass is 32.2. The molecule has 0 radical (unpaired) electrons. The standard InChI is InChI=1S/C19H26N4O2S2/c1-13(2)21-16-7-5-6-14-10-17(22-18(14)16)19-20-11-15(26-19)12-23(3)8-9-27(4,24)25/h5-7,10-11,13,21-22H,8-9,12H2,1-4H3. The van der Waals surface area contributed by atoms with E-state index in [-0.39, 0.29) is 5.75 Å². The number of anilines is 1. The average Bonchev–Trinajstić information content (AvgIpc) is 3.19. The monoisotopic (exact) mass is 406 g/mol. The summed E-state index contributed by atoms with van der Waals surface area (Å²) in [6.07, 6.45) is 3.14. The number of sulfone groups is 1. The maximum atomic E-state index is 11.3. The van der Waals surface area contributed by atoms with Crippen LogP contribution in [-0.4, -0.2) is 54.9 Å². The Kier molecular flexibility index (Phi) is 5.88. The van der Waals surface area contributed by atoms with Crippen molar-refractivity contribution in [3.8, 4) is 10.7 Å². The molecule has 0 amide bonds. The van der Waals surface area contributed by atoms with Gasteiger partial charge in [0.05, 0.1) is 22.7 Å². The van der Waals surface area contributed by atoms with Gasteiger partial charge in [-0.2, -0.15) is 0 Å². The van der Waals surface area contributed by atoms with Gasteiger partial charge in [-0.25, -0.2) is 13.4 Å². The first-order valence-corrected chi connectivity index (χ1v) is 11.8. The summed E-state index contributed by atoms with van der Waals surface area (Å²) in [6.45, 7) is 5.45. The largest absolute Gasteiger partial charge is 0.381 e. The second kappa shape index (κ2) is 8.00. The number of rotatable bonds is 8. The van der Waals surface area contributed by atoms with Gasteiger partial charge in [0.25, 0.3) is 0 Å². The highest BCUT2D eigenvalue weighted by molar-refractivity contribution is 7.90. The molecule has 27 heavy (non-hydrogen) atoms. The highest BCUT2D eigenvalue weighted by Crippen LogP contribution is 2.31. The summed E-state index contributed by atoms with van der Waals surface area (Å²) in [5, 5.41) is 5.55. The molecule has 146 valence electrons. The van der Waals surface area contributed by atoms with Gasteiger partial charge in [-0.3, -0.25) is 0 Å². The quantitative estimate of drug-likeness (QED) is 0.598. The lowest BCUT2D eigenvalue weighted by Crippen LogP contribution is -2.24. The number of aromatic nitrogens is 2. The Balaban J connectivity index is 1.76. The van der Waals surface area contributed by atoms with E-state index in [1.54, 1.807) is 11.3 Å². The van der Waals surface area contributed by atoms with E-state index in [9.17, 15) is 8.42 Å². The van der Waals surface area contributed by atoms with Crippen molar-refractivity contribution in [3.63, 3.8) is 0 Å². The van der Waals surface area contributed by atoms with E-state index >= 15 is 0 Å². The van der Waals surface area contributed by atoms with Crippen molar-refractivity contribution in [3.05, 3.63) is 35.3 Å². The number of H-pyrrole nitrogens is 1. The van der Waals surface area contributed by atoms with Crippen molar-refractivity contribution in [2.75, 3.05) is 30.9 Å². The van der Waals surface area contributed by atoms with Gasteiger partial charge in [-0.1, -0.05) is 12.1 Å². The van der Waals surface area contributed by atoms with Gasteiger partial charge in [0.2, 0.25) is 0 Å². The second-order valence-electron chi connectivity index (χ2n) is 7.25. The lowest BCUT2D eigenvalue weighted by molar-refractivity contribution is 0.349. The molecule has 0 saturated heterocycles. The van der Waals surface area contributed by atoms with Crippen LogP contribution in [0.2, 0.25) is 0 Å². The molecule has 1 aromatic carbocycles. The Hall–Kier alpha value is -1.90. The first-order valence-electron chi connectivity index (χ1n) is 8.91. The lowest BCUT2D eigenvalue weighted by atomic mass is 10.2. The van der Waals surface area contributed by atoms with E-state index in [2.05, 4.69) is 53.4 Å². The molecule has 0 bridgehead atoms. The summed E-state index contributed by atoms with van der Waals surface area (Å²) in [7, 11) is -1.01. The van der Waals surface area contributed by atoms with Gasteiger partial charge < -0.3 is 15.2 Å². The smallest absolute Gasteiger partial charge is 0.148 e. The number of nitrogens with one attached hydrogen (secondary N) is 2. The van der Waals surface area contributed by atoms with Gasteiger partial charge in [-0.05, 0) is 33.0 Å². The fraction of sp³-hybridized carbons (Fsp3) is 0.421. The van der Waals surface area contributed by atoms with Crippen LogP contribution in [0.15, 0.2) is 30.5 Å². The van der Waals surface area contributed by atoms with Crippen molar-refractivity contribution in [2.45, 2.75) is 26.4 Å². The molecule has 3 rings (SSSR count). The van der Waals surface area contributed by atoms with Crippen LogP contribution in [0, 0.1) is 0 Å². The van der Waals surface area contributed by atoms with Crippen molar-refractivity contribution in [1.29, 1.82) is 0 Å². The SMILES string of the molecule is CC(C)Nc1cccc2cc(-c3ncc(CN(C)CCS(C)(=O)=O)s3)[nH]c12. The minimum absolute atomic E-state index is 0.169. The number of para-hydroxylation sites is 1. The first kappa shape index (κ1) is 19.9. The van der Waals surface area contributed by atoms with Crippen LogP contribution in [0.5, 0.6) is 0 Å². The third-order valence-electron chi connectivity index (χ3n) is 4.15. The molecule has 6 nitrogen and oxygen atoms in total. The van der Waals surface area contributed by atoms with E-state index in [0.29, 0.717) is 19.1 Å². The molecule has 0 saturated carbocycles. The summed E-state index contributed by atoms with van der Waals surface area (Å²) in [5.41, 5.74) is 3.17. The van der Waals surface area contributed by atoms with E-state index < -0.39 is 9.84 Å². The van der Waals surface area contributed by atoms with Crippen LogP contribution in [0.25, 0.3) is 21.6 Å². The molecule has 0 unspecified atom stereocenters. The zero-order chi connectivity index (χ0) is 19.6. The number of thiazole rings is 1. The summed E-state index contributed by atoms with van der Waals surface area (Å²) < 4.78 is 22.6. The van der Waals surface area contributed by atoms with E-state index in [1.165, 1.54) is 6.26 Å². The van der Waals surface area contributed by atoms with Gasteiger partial charge in [0, 0.05) is 41.8 Å². The Bertz CT molecular complexity index is 1020. The van der Waals surface area contributed by atoms with Crippen LogP contribution in [0.1, 0.15) is 18.7 Å². The average molecular weight is 407 g/mol. The van der Waals surface area contributed by atoms with Crippen LogP contribution in [0.4, 0.5) is 5.69 Å². The molecule has 2 heterocycles. The highest BCUT2D eigenvalue weighted by Gasteiger charge is 2.12. The molecule has 0 atom stereocenters. The minimum atomic E-state index is -2.94. The fourth-order valence-electron chi connectivity index (χ4n) is 2.87. The molecule has 0 aliphatic carbocycles. The molecule has 0 spiro atoms. The molecular weight excluding hydrogens is 380 g/mol. The number of aromatic amines is 1. The number of hydrogen-bond donors (Lipinski definition) is 2. The van der Waals surface area contributed by atoms with Gasteiger partial charge >= 0.3 is 0 Å². The van der Waals surface area contributed by atoms with Crippen molar-refractivity contribution < 1.29 is 8.42 Å². The predicted octanol–water partition coefficient (Wildman–Crippen LogP) is 3.59. The molecule has 0 aliphatic heterocycles. The Labute approximate surface area is 164 Å². The van der Waals surface area contributed by atoms with Gasteiger partial charge in [0.15, 0.2) is 0 Å². The molecule has 8 heteroatoms. The van der Waals surface area contributed by atoms with E-state index in [4.69, 9.17) is 0 Å². The topological polar surface area (TPSA) is 78.1 Å². The maximum Gasteiger partial charge on any atom is 0.148 e. The van der Waals surface area contributed by atoms with Gasteiger partial charge in [-0.15, -0.1) is 11.3 Å². The molecule has 0 fully saturated rings. The predicted molar refractivity (Wildman–Crippen MR) is 114 cm³/mol. The number of fused-ring (bicyclic) bond motifs is 1. The van der Waals surface area contributed by atoms with Crippen LogP contribution < -0.4 is 5.32 Å². The number of nitrogens with zero attached hydrogens (tertiary/aromatic N) is 2. The zero-order valence-corrected chi connectivity index (χ0v) is 17.7. The van der Waals surface area contributed by atoms with Crippen LogP contribution in [-0.2, 0) is 16.4 Å². The third kappa shape index (κ3) is 5.31. The Morgan fingerprint density at radius 1 is 1.33 bits per heavy atom. The minimum Gasteiger partial charge on any atom is -0.381 e. The van der Waals surface area contributed by atoms with Gasteiger partial charge in [0.1, 0.15) is 14.8 Å². The molecular formula is C19H26N4O2S2. The van der Waals surface area contributed by atoms with Crippen LogP contribution in [0.3, 0.4) is 0 Å². The van der Waals surface area contributed by atoms with E-state index in [0.717, 1.165) is 32.2 Å². The van der Waals surface area contributed by atoms with Crippen molar-refractivity contribution in [1.82, 2.24) is 14.9 Å². The number of hydrogen-bond acceptors (Lipinski definition) is 6. The summed E-state index contributed by atoms with van der Waals surface area (Å²) in [5.74, 6) is 0.169. The molecule has 2 N–H and O–H groups in total. The zero-order valence-electron chi connectivity index (χ0n) is 16.1. The summed E-state index contributed by atoms with van der Waals surface area (Å²) in [6, 6.07) is 8.70. The van der Waals surface area contributed by atoms with Crippen molar-refractivity contribution in [2.24, 2.45) is 0 Å². The number of benzene rings is 1. The first-order chi connectivity index (χ1) is 12.7. The Morgan fingerprint density at radius 2 is 2.11 bits per heavy atom. The normalized spacial score (nSPS) is 12.4. The summed E-state index contributed by atoms with van der Waals surface area (Å²) >= 11 is 1.63. The molecule has 2 aromatic heterocycles. The van der Waals surface area contributed by atoms with Crippen molar-refractivity contribution >= 4 is 37.8 Å². The van der Waals surface area contributed by atoms with E-state index in [1.807, 2.05) is 18.1 Å².